The topological polar surface area (TPSA) is 93.9 Å². The van der Waals surface area contributed by atoms with Gasteiger partial charge in [-0.2, -0.15) is 8.78 Å². The van der Waals surface area contributed by atoms with Crippen LogP contribution < -0.4 is 14.8 Å². The van der Waals surface area contributed by atoms with Gasteiger partial charge in [0, 0.05) is 19.2 Å². The van der Waals surface area contributed by atoms with Gasteiger partial charge in [0.15, 0.2) is 11.5 Å². The number of carbonyl (C=O) groups excluding carboxylic acids is 1. The number of amides is 1. The summed E-state index contributed by atoms with van der Waals surface area (Å²) < 4.78 is 34.3. The minimum absolute atomic E-state index is 0. The van der Waals surface area contributed by atoms with Gasteiger partial charge in [0.25, 0.3) is 11.6 Å². The number of nitro benzene ring substituents is 1. The number of rotatable bonds is 8. The van der Waals surface area contributed by atoms with E-state index in [2.05, 4.69) is 10.1 Å². The van der Waals surface area contributed by atoms with Crippen molar-refractivity contribution in [3.8, 4) is 11.5 Å². The summed E-state index contributed by atoms with van der Waals surface area (Å²) in [5, 5.41) is 14.5. The molecule has 1 aliphatic rings. The molecule has 0 aromatic heterocycles. The number of nitrogens with one attached hydrogen (secondary N) is 1. The molecule has 0 unspecified atom stereocenters. The molecule has 11 heteroatoms. The van der Waals surface area contributed by atoms with Crippen LogP contribution in [0.15, 0.2) is 12.1 Å². The molecule has 1 N–H and O–H groups in total. The van der Waals surface area contributed by atoms with Gasteiger partial charge in [-0.3, -0.25) is 14.9 Å². The van der Waals surface area contributed by atoms with E-state index in [4.69, 9.17) is 4.74 Å². The SMILES string of the molecule is CNCCC1CCN(C(=O)c2cc(OC)c(OC(F)F)cc2[N+](=O)[O-])CC1.Cl. The van der Waals surface area contributed by atoms with E-state index in [9.17, 15) is 23.7 Å². The van der Waals surface area contributed by atoms with Crippen molar-refractivity contribution in [1.82, 2.24) is 10.2 Å². The molecule has 2 rings (SSSR count). The average molecular weight is 424 g/mol. The largest absolute Gasteiger partial charge is 0.493 e. The van der Waals surface area contributed by atoms with E-state index < -0.39 is 28.9 Å². The van der Waals surface area contributed by atoms with Gasteiger partial charge in [-0.25, -0.2) is 0 Å². The van der Waals surface area contributed by atoms with Crippen LogP contribution >= 0.6 is 12.4 Å². The highest BCUT2D eigenvalue weighted by Gasteiger charge is 2.30. The van der Waals surface area contributed by atoms with Crippen molar-refractivity contribution in [3.63, 3.8) is 0 Å². The van der Waals surface area contributed by atoms with Gasteiger partial charge in [-0.1, -0.05) is 0 Å². The first-order chi connectivity index (χ1) is 12.9. The third-order valence-electron chi connectivity index (χ3n) is 4.63. The van der Waals surface area contributed by atoms with E-state index in [0.717, 1.165) is 37.9 Å². The number of ether oxygens (including phenoxy) is 2. The van der Waals surface area contributed by atoms with Crippen molar-refractivity contribution in [2.24, 2.45) is 5.92 Å². The molecule has 0 saturated carbocycles. The number of carbonyl (C=O) groups is 1. The smallest absolute Gasteiger partial charge is 0.387 e. The lowest BCUT2D eigenvalue weighted by Crippen LogP contribution is -2.39. The van der Waals surface area contributed by atoms with E-state index >= 15 is 0 Å². The van der Waals surface area contributed by atoms with Crippen molar-refractivity contribution in [3.05, 3.63) is 27.8 Å². The Morgan fingerprint density at radius 2 is 2.00 bits per heavy atom. The summed E-state index contributed by atoms with van der Waals surface area (Å²) in [7, 11) is 3.09. The quantitative estimate of drug-likeness (QED) is 0.510. The predicted molar refractivity (Wildman–Crippen MR) is 101 cm³/mol. The highest BCUT2D eigenvalue weighted by Crippen LogP contribution is 2.36. The van der Waals surface area contributed by atoms with E-state index in [-0.39, 0.29) is 23.7 Å². The van der Waals surface area contributed by atoms with E-state index in [1.54, 1.807) is 4.90 Å². The van der Waals surface area contributed by atoms with Gasteiger partial charge >= 0.3 is 6.61 Å². The number of benzene rings is 1. The minimum atomic E-state index is -3.17. The molecule has 8 nitrogen and oxygen atoms in total. The van der Waals surface area contributed by atoms with Gasteiger partial charge in [0.05, 0.1) is 18.1 Å². The number of piperidine rings is 1. The fourth-order valence-electron chi connectivity index (χ4n) is 3.16. The molecule has 1 aromatic carbocycles. The third-order valence-corrected chi connectivity index (χ3v) is 4.63. The lowest BCUT2D eigenvalue weighted by atomic mass is 9.93. The molecule has 1 heterocycles. The van der Waals surface area contributed by atoms with Crippen LogP contribution in [0.4, 0.5) is 14.5 Å². The first-order valence-corrected chi connectivity index (χ1v) is 8.62. The molecule has 1 fully saturated rings. The fourth-order valence-corrected chi connectivity index (χ4v) is 3.16. The van der Waals surface area contributed by atoms with Crippen LogP contribution in [0.1, 0.15) is 29.6 Å². The number of nitrogens with zero attached hydrogens (tertiary/aromatic N) is 2. The molecule has 0 bridgehead atoms. The summed E-state index contributed by atoms with van der Waals surface area (Å²) >= 11 is 0. The zero-order valence-electron chi connectivity index (χ0n) is 15.7. The maximum Gasteiger partial charge on any atom is 0.387 e. The molecule has 1 aromatic rings. The number of halogens is 3. The Kier molecular flexibility index (Phi) is 9.33. The Morgan fingerprint density at radius 3 is 2.50 bits per heavy atom. The van der Waals surface area contributed by atoms with Crippen LogP contribution in [0.25, 0.3) is 0 Å². The lowest BCUT2D eigenvalue weighted by molar-refractivity contribution is -0.385. The van der Waals surface area contributed by atoms with Crippen LogP contribution in [0.2, 0.25) is 0 Å². The second-order valence-corrected chi connectivity index (χ2v) is 6.28. The number of methoxy groups -OCH3 is 1. The summed E-state index contributed by atoms with van der Waals surface area (Å²) in [4.78, 5) is 24.9. The number of alkyl halides is 2. The van der Waals surface area contributed by atoms with Gasteiger partial charge in [-0.15, -0.1) is 12.4 Å². The Morgan fingerprint density at radius 1 is 1.36 bits per heavy atom. The molecule has 1 amide bonds. The summed E-state index contributed by atoms with van der Waals surface area (Å²) in [6.07, 6.45) is 2.63. The summed E-state index contributed by atoms with van der Waals surface area (Å²) in [5.41, 5.74) is -0.791. The minimum Gasteiger partial charge on any atom is -0.493 e. The van der Waals surface area contributed by atoms with Crippen molar-refractivity contribution in [2.45, 2.75) is 25.9 Å². The van der Waals surface area contributed by atoms with E-state index in [1.165, 1.54) is 7.11 Å². The maximum absolute atomic E-state index is 12.8. The second-order valence-electron chi connectivity index (χ2n) is 6.28. The summed E-state index contributed by atoms with van der Waals surface area (Å²) in [5.74, 6) is -0.668. The molecule has 1 aliphatic heterocycles. The number of nitro groups is 1. The van der Waals surface area contributed by atoms with Crippen molar-refractivity contribution < 1.29 is 28.0 Å². The maximum atomic E-state index is 12.8. The van der Waals surface area contributed by atoms with Gasteiger partial charge in [0.2, 0.25) is 0 Å². The van der Waals surface area contributed by atoms with Crippen molar-refractivity contribution >= 4 is 24.0 Å². The standard InChI is InChI=1S/C17H23F2N3O5.ClH/c1-20-6-3-11-4-7-21(8-5-11)16(23)12-9-14(26-2)15(27-17(18)19)10-13(12)22(24)25;/h9-11,17,20H,3-8H2,1-2H3;1H. The Hall–Kier alpha value is -2.20. The van der Waals surface area contributed by atoms with Crippen LogP contribution in [0.5, 0.6) is 11.5 Å². The predicted octanol–water partition coefficient (Wildman–Crippen LogP) is 3.09. The second kappa shape index (κ2) is 11.0. The van der Waals surface area contributed by atoms with Crippen molar-refractivity contribution in [2.75, 3.05) is 33.8 Å². The highest BCUT2D eigenvalue weighted by atomic mass is 35.5. The Balaban J connectivity index is 0.00000392. The molecular weight excluding hydrogens is 400 g/mol. The number of hydrogen-bond acceptors (Lipinski definition) is 6. The number of hydrogen-bond donors (Lipinski definition) is 1. The monoisotopic (exact) mass is 423 g/mol. The molecule has 158 valence electrons. The molecule has 0 radical (unpaired) electrons. The van der Waals surface area contributed by atoms with Gasteiger partial charge < -0.3 is 19.7 Å². The normalized spacial score (nSPS) is 14.5. The summed E-state index contributed by atoms with van der Waals surface area (Å²) in [6.45, 7) is -1.30. The fraction of sp³-hybridized carbons (Fsp3) is 0.588. The molecule has 1 saturated heterocycles. The first kappa shape index (κ1) is 23.8. The lowest BCUT2D eigenvalue weighted by Gasteiger charge is -2.32. The highest BCUT2D eigenvalue weighted by molar-refractivity contribution is 5.99. The van der Waals surface area contributed by atoms with E-state index in [1.807, 2.05) is 7.05 Å². The number of likely N-dealkylation sites (tertiary alicyclic amines) is 1. The Bertz CT molecular complexity index is 685. The van der Waals surface area contributed by atoms with Crippen LogP contribution in [0.3, 0.4) is 0 Å². The van der Waals surface area contributed by atoms with E-state index in [0.29, 0.717) is 19.0 Å². The van der Waals surface area contributed by atoms with Gasteiger partial charge in [-0.05, 0) is 38.8 Å². The van der Waals surface area contributed by atoms with Crippen molar-refractivity contribution in [1.29, 1.82) is 0 Å². The van der Waals surface area contributed by atoms with Gasteiger partial charge in [0.1, 0.15) is 5.56 Å². The first-order valence-electron chi connectivity index (χ1n) is 8.62. The molecule has 0 atom stereocenters. The molecule has 0 spiro atoms. The Labute approximate surface area is 167 Å². The van der Waals surface area contributed by atoms with Crippen LogP contribution in [-0.4, -0.2) is 56.1 Å². The zero-order valence-corrected chi connectivity index (χ0v) is 16.5. The summed E-state index contributed by atoms with van der Waals surface area (Å²) in [6, 6.07) is 1.89. The van der Waals surface area contributed by atoms with Crippen LogP contribution in [0, 0.1) is 16.0 Å². The molecule has 28 heavy (non-hydrogen) atoms. The molecule has 0 aliphatic carbocycles. The average Bonchev–Trinajstić information content (AvgIpc) is 2.65. The molecular formula is C17H24ClF2N3O5. The third kappa shape index (κ3) is 5.90. The zero-order chi connectivity index (χ0) is 20.0. The van der Waals surface area contributed by atoms with Crippen LogP contribution in [-0.2, 0) is 0 Å².